The highest BCUT2D eigenvalue weighted by atomic mass is 79.9. The smallest absolute Gasteiger partial charge is 0.203 e. The highest BCUT2D eigenvalue weighted by molar-refractivity contribution is 9.10. The Hall–Kier alpha value is -1.50. The van der Waals surface area contributed by atoms with Gasteiger partial charge in [0.05, 0.1) is 11.4 Å². The van der Waals surface area contributed by atoms with Crippen LogP contribution in [0.5, 0.6) is 0 Å². The second-order valence-electron chi connectivity index (χ2n) is 4.86. The van der Waals surface area contributed by atoms with Crippen molar-refractivity contribution in [1.29, 1.82) is 0 Å². The molecule has 0 aliphatic heterocycles. The Kier molecular flexibility index (Phi) is 5.25. The number of hydrogen-bond donors (Lipinski definition) is 1. The number of hydrazone groups is 1. The van der Waals surface area contributed by atoms with E-state index in [4.69, 9.17) is 0 Å². The molecule has 1 heterocycles. The van der Waals surface area contributed by atoms with Crippen LogP contribution in [-0.4, -0.2) is 10.7 Å². The number of benzene rings is 2. The normalized spacial score (nSPS) is 11.5. The Morgan fingerprint density at radius 1 is 1.00 bits per heavy atom. The lowest BCUT2D eigenvalue weighted by Crippen LogP contribution is -1.99. The molecule has 2 aromatic carbocycles. The summed E-state index contributed by atoms with van der Waals surface area (Å²) in [5, 5.41) is 7.21. The molecule has 0 fully saturated rings. The van der Waals surface area contributed by atoms with Crippen LogP contribution < -0.4 is 5.43 Å². The molecule has 116 valence electrons. The van der Waals surface area contributed by atoms with Crippen molar-refractivity contribution in [3.8, 4) is 11.3 Å². The lowest BCUT2D eigenvalue weighted by molar-refractivity contribution is 1.27. The van der Waals surface area contributed by atoms with E-state index in [2.05, 4.69) is 47.4 Å². The van der Waals surface area contributed by atoms with E-state index >= 15 is 0 Å². The summed E-state index contributed by atoms with van der Waals surface area (Å²) < 4.78 is 2.12. The van der Waals surface area contributed by atoms with Crippen LogP contribution in [0.25, 0.3) is 11.3 Å². The first-order valence-corrected chi connectivity index (χ1v) is 9.36. The maximum atomic E-state index is 4.57. The van der Waals surface area contributed by atoms with E-state index in [-0.39, 0.29) is 0 Å². The summed E-state index contributed by atoms with van der Waals surface area (Å²) in [6, 6.07) is 16.2. The summed E-state index contributed by atoms with van der Waals surface area (Å²) in [4.78, 5) is 4.57. The first-order valence-electron chi connectivity index (χ1n) is 6.89. The van der Waals surface area contributed by atoms with Gasteiger partial charge < -0.3 is 0 Å². The third-order valence-corrected chi connectivity index (χ3v) is 5.03. The molecule has 3 aromatic rings. The molecule has 0 radical (unpaired) electrons. The molecule has 1 aromatic heterocycles. The van der Waals surface area contributed by atoms with Gasteiger partial charge in [-0.2, -0.15) is 5.10 Å². The van der Waals surface area contributed by atoms with Crippen LogP contribution in [0.15, 0.2) is 68.0 Å². The molecular formula is C17H13Br2N3S. The molecule has 1 N–H and O–H groups in total. The number of halogens is 2. The Morgan fingerprint density at radius 2 is 1.61 bits per heavy atom. The fraction of sp³-hybridized carbons (Fsp3) is 0.0588. The molecule has 0 saturated heterocycles. The second kappa shape index (κ2) is 7.38. The number of aromatic nitrogens is 1. The van der Waals surface area contributed by atoms with Crippen LogP contribution in [0.4, 0.5) is 5.13 Å². The van der Waals surface area contributed by atoms with Crippen molar-refractivity contribution < 1.29 is 0 Å². The van der Waals surface area contributed by atoms with Gasteiger partial charge in [-0.3, -0.25) is 5.43 Å². The van der Waals surface area contributed by atoms with Crippen molar-refractivity contribution in [2.45, 2.75) is 6.92 Å². The Balaban J connectivity index is 1.72. The molecule has 3 nitrogen and oxygen atoms in total. The first kappa shape index (κ1) is 16.4. The van der Waals surface area contributed by atoms with E-state index in [1.807, 2.05) is 60.8 Å². The van der Waals surface area contributed by atoms with Gasteiger partial charge >= 0.3 is 0 Å². The molecule has 0 aliphatic carbocycles. The highest BCUT2D eigenvalue weighted by Crippen LogP contribution is 2.26. The van der Waals surface area contributed by atoms with Crippen LogP contribution in [0.3, 0.4) is 0 Å². The number of nitrogens with zero attached hydrogens (tertiary/aromatic N) is 2. The Labute approximate surface area is 155 Å². The maximum Gasteiger partial charge on any atom is 0.203 e. The van der Waals surface area contributed by atoms with Gasteiger partial charge in [-0.1, -0.05) is 56.1 Å². The molecular weight excluding hydrogens is 438 g/mol. The Bertz CT molecular complexity index is 824. The predicted molar refractivity (Wildman–Crippen MR) is 105 cm³/mol. The number of anilines is 1. The zero-order valence-corrected chi connectivity index (χ0v) is 16.2. The van der Waals surface area contributed by atoms with Crippen molar-refractivity contribution in [3.05, 3.63) is 68.4 Å². The van der Waals surface area contributed by atoms with Crippen LogP contribution in [0.1, 0.15) is 12.5 Å². The van der Waals surface area contributed by atoms with Gasteiger partial charge in [-0.05, 0) is 36.8 Å². The summed E-state index contributed by atoms with van der Waals surface area (Å²) >= 11 is 8.41. The molecule has 0 unspecified atom stereocenters. The Morgan fingerprint density at radius 3 is 2.26 bits per heavy atom. The van der Waals surface area contributed by atoms with E-state index in [0.717, 1.165) is 36.6 Å². The van der Waals surface area contributed by atoms with Crippen molar-refractivity contribution in [2.24, 2.45) is 5.10 Å². The fourth-order valence-electron chi connectivity index (χ4n) is 1.97. The summed E-state index contributed by atoms with van der Waals surface area (Å²) in [5.41, 5.74) is 7.06. The van der Waals surface area contributed by atoms with Crippen LogP contribution in [0.2, 0.25) is 0 Å². The van der Waals surface area contributed by atoms with Crippen molar-refractivity contribution in [3.63, 3.8) is 0 Å². The number of hydrogen-bond acceptors (Lipinski definition) is 4. The second-order valence-corrected chi connectivity index (χ2v) is 7.55. The molecule has 0 aliphatic rings. The minimum atomic E-state index is 0.777. The maximum absolute atomic E-state index is 4.57. The van der Waals surface area contributed by atoms with Crippen LogP contribution >= 0.6 is 43.2 Å². The minimum Gasteiger partial charge on any atom is -0.252 e. The molecule has 6 heteroatoms. The molecule has 0 atom stereocenters. The molecule has 3 rings (SSSR count). The number of thiazole rings is 1. The van der Waals surface area contributed by atoms with Gasteiger partial charge in [0.25, 0.3) is 0 Å². The van der Waals surface area contributed by atoms with Gasteiger partial charge in [0.15, 0.2) is 0 Å². The quantitative estimate of drug-likeness (QED) is 0.381. The van der Waals surface area contributed by atoms with Crippen molar-refractivity contribution in [2.75, 3.05) is 5.43 Å². The average Bonchev–Trinajstić information content (AvgIpc) is 3.03. The topological polar surface area (TPSA) is 37.3 Å². The van der Waals surface area contributed by atoms with E-state index < -0.39 is 0 Å². The lowest BCUT2D eigenvalue weighted by Gasteiger charge is -2.01. The minimum absolute atomic E-state index is 0.777. The zero-order chi connectivity index (χ0) is 16.2. The van der Waals surface area contributed by atoms with E-state index in [1.165, 1.54) is 11.3 Å². The fourth-order valence-corrected chi connectivity index (χ4v) is 3.16. The predicted octanol–water partition coefficient (Wildman–Crippen LogP) is 6.17. The van der Waals surface area contributed by atoms with Crippen molar-refractivity contribution >= 4 is 54.0 Å². The van der Waals surface area contributed by atoms with Crippen LogP contribution in [0, 0.1) is 0 Å². The van der Waals surface area contributed by atoms with Crippen molar-refractivity contribution in [1.82, 2.24) is 4.98 Å². The lowest BCUT2D eigenvalue weighted by atomic mass is 10.1. The first-order chi connectivity index (χ1) is 11.1. The highest BCUT2D eigenvalue weighted by Gasteiger charge is 2.04. The zero-order valence-electron chi connectivity index (χ0n) is 12.3. The van der Waals surface area contributed by atoms with Gasteiger partial charge in [-0.15, -0.1) is 11.3 Å². The van der Waals surface area contributed by atoms with Gasteiger partial charge in [0.2, 0.25) is 5.13 Å². The standard InChI is InChI=1S/C17H13Br2N3S/c1-11(12-2-6-14(18)7-3-12)21-22-17-20-16(10-23-17)13-4-8-15(19)9-5-13/h2-10H,1H3,(H,20,22)/b21-11-. The summed E-state index contributed by atoms with van der Waals surface area (Å²) in [6.45, 7) is 1.97. The third-order valence-electron chi connectivity index (χ3n) is 3.23. The van der Waals surface area contributed by atoms with Gasteiger partial charge in [0.1, 0.15) is 0 Å². The van der Waals surface area contributed by atoms with E-state index in [0.29, 0.717) is 0 Å². The summed E-state index contributed by atoms with van der Waals surface area (Å²) in [5.74, 6) is 0. The summed E-state index contributed by atoms with van der Waals surface area (Å²) in [7, 11) is 0. The van der Waals surface area contributed by atoms with Gasteiger partial charge in [0, 0.05) is 19.9 Å². The molecule has 0 saturated carbocycles. The molecule has 23 heavy (non-hydrogen) atoms. The molecule has 0 amide bonds. The number of nitrogens with one attached hydrogen (secondary N) is 1. The van der Waals surface area contributed by atoms with E-state index in [9.17, 15) is 0 Å². The number of rotatable bonds is 4. The average molecular weight is 451 g/mol. The SMILES string of the molecule is C/C(=N/Nc1nc(-c2ccc(Br)cc2)cs1)c1ccc(Br)cc1. The molecule has 0 spiro atoms. The van der Waals surface area contributed by atoms with Gasteiger partial charge in [-0.25, -0.2) is 4.98 Å². The third kappa shape index (κ3) is 4.28. The van der Waals surface area contributed by atoms with Crippen LogP contribution in [-0.2, 0) is 0 Å². The molecule has 0 bridgehead atoms. The van der Waals surface area contributed by atoms with E-state index in [1.54, 1.807) is 0 Å². The summed E-state index contributed by atoms with van der Waals surface area (Å²) in [6.07, 6.45) is 0. The monoisotopic (exact) mass is 449 g/mol. The largest absolute Gasteiger partial charge is 0.252 e.